The number of sulfone groups is 1. The summed E-state index contributed by atoms with van der Waals surface area (Å²) in [6.07, 6.45) is 0.396. The lowest BCUT2D eigenvalue weighted by molar-refractivity contribution is 0.0946. The number of anilines is 1. The first-order valence-corrected chi connectivity index (χ1v) is 8.99. The summed E-state index contributed by atoms with van der Waals surface area (Å²) >= 11 is 1.10. The van der Waals surface area contributed by atoms with E-state index in [0.717, 1.165) is 11.3 Å². The van der Waals surface area contributed by atoms with Gasteiger partial charge in [-0.2, -0.15) is 0 Å². The predicted octanol–water partition coefficient (Wildman–Crippen LogP) is 1.54. The number of hydrogen-bond donors (Lipinski definition) is 2. The van der Waals surface area contributed by atoms with Gasteiger partial charge in [-0.25, -0.2) is 12.8 Å². The second-order valence-electron chi connectivity index (χ2n) is 5.03. The van der Waals surface area contributed by atoms with Crippen molar-refractivity contribution in [3.05, 3.63) is 28.9 Å². The van der Waals surface area contributed by atoms with E-state index in [1.54, 1.807) is 12.1 Å². The Kier molecular flexibility index (Phi) is 3.37. The van der Waals surface area contributed by atoms with E-state index in [-0.39, 0.29) is 27.5 Å². The molecular formula is C13H13FN2O3S2. The SMILES string of the molecule is Nc1c(C(=O)NC2CCS(=O)(=O)C2)sc2cccc(F)c12. The number of hydrogen-bond acceptors (Lipinski definition) is 5. The van der Waals surface area contributed by atoms with Crippen LogP contribution < -0.4 is 11.1 Å². The standard InChI is InChI=1S/C13H13FN2O3S2/c14-8-2-1-3-9-10(8)11(15)12(20-9)13(17)16-7-4-5-21(18,19)6-7/h1-3,7H,4-6,15H2,(H,16,17). The first kappa shape index (κ1) is 14.3. The van der Waals surface area contributed by atoms with Crippen LogP contribution in [0.25, 0.3) is 10.1 Å². The van der Waals surface area contributed by atoms with Crippen LogP contribution in [0.5, 0.6) is 0 Å². The van der Waals surface area contributed by atoms with Crippen LogP contribution in [-0.4, -0.2) is 31.9 Å². The number of nitrogen functional groups attached to an aromatic ring is 1. The molecule has 5 nitrogen and oxygen atoms in total. The zero-order chi connectivity index (χ0) is 15.2. The Labute approximate surface area is 124 Å². The summed E-state index contributed by atoms with van der Waals surface area (Å²) in [5, 5.41) is 2.90. The van der Waals surface area contributed by atoms with E-state index >= 15 is 0 Å². The topological polar surface area (TPSA) is 89.3 Å². The Balaban J connectivity index is 1.89. The lowest BCUT2D eigenvalue weighted by Gasteiger charge is -2.09. The van der Waals surface area contributed by atoms with Crippen LogP contribution in [0, 0.1) is 5.82 Å². The Morgan fingerprint density at radius 1 is 1.43 bits per heavy atom. The fraction of sp³-hybridized carbons (Fsp3) is 0.308. The molecule has 1 amide bonds. The first-order valence-electron chi connectivity index (χ1n) is 6.35. The van der Waals surface area contributed by atoms with Gasteiger partial charge in [0.05, 0.1) is 22.6 Å². The van der Waals surface area contributed by atoms with Gasteiger partial charge in [0.25, 0.3) is 5.91 Å². The van der Waals surface area contributed by atoms with Gasteiger partial charge in [0.15, 0.2) is 9.84 Å². The third-order valence-corrected chi connectivity index (χ3v) is 6.41. The zero-order valence-electron chi connectivity index (χ0n) is 10.9. The Morgan fingerprint density at radius 2 is 2.19 bits per heavy atom. The molecule has 1 aliphatic rings. The van der Waals surface area contributed by atoms with Crippen LogP contribution in [0.2, 0.25) is 0 Å². The quantitative estimate of drug-likeness (QED) is 0.875. The first-order chi connectivity index (χ1) is 9.87. The maximum absolute atomic E-state index is 13.7. The number of amides is 1. The molecule has 0 radical (unpaired) electrons. The number of thiophene rings is 1. The van der Waals surface area contributed by atoms with E-state index in [1.807, 2.05) is 0 Å². The Morgan fingerprint density at radius 3 is 2.81 bits per heavy atom. The molecule has 0 spiro atoms. The minimum absolute atomic E-state index is 0.0576. The number of benzene rings is 1. The third kappa shape index (κ3) is 2.60. The molecule has 21 heavy (non-hydrogen) atoms. The molecule has 2 aromatic rings. The molecule has 1 aliphatic heterocycles. The fourth-order valence-electron chi connectivity index (χ4n) is 2.46. The van der Waals surface area contributed by atoms with Crippen molar-refractivity contribution >= 4 is 42.9 Å². The fourth-order valence-corrected chi connectivity index (χ4v) is 5.17. The highest BCUT2D eigenvalue weighted by Gasteiger charge is 2.30. The zero-order valence-corrected chi connectivity index (χ0v) is 12.6. The molecule has 112 valence electrons. The van der Waals surface area contributed by atoms with Crippen LogP contribution in [0.1, 0.15) is 16.1 Å². The van der Waals surface area contributed by atoms with Crippen molar-refractivity contribution in [2.75, 3.05) is 17.2 Å². The highest BCUT2D eigenvalue weighted by atomic mass is 32.2. The third-order valence-electron chi connectivity index (χ3n) is 3.48. The number of fused-ring (bicyclic) bond motifs is 1. The molecule has 1 aromatic carbocycles. The number of halogens is 1. The maximum atomic E-state index is 13.7. The average Bonchev–Trinajstić information content (AvgIpc) is 2.91. The molecule has 8 heteroatoms. The van der Waals surface area contributed by atoms with Crippen molar-refractivity contribution in [2.45, 2.75) is 12.5 Å². The summed E-state index contributed by atoms with van der Waals surface area (Å²) in [7, 11) is -3.07. The van der Waals surface area contributed by atoms with Gasteiger partial charge in [-0.05, 0) is 18.6 Å². The molecule has 3 rings (SSSR count). The van der Waals surface area contributed by atoms with Gasteiger partial charge in [-0.3, -0.25) is 4.79 Å². The number of carbonyl (C=O) groups is 1. The smallest absolute Gasteiger partial charge is 0.263 e. The van der Waals surface area contributed by atoms with E-state index in [0.29, 0.717) is 11.1 Å². The van der Waals surface area contributed by atoms with E-state index in [4.69, 9.17) is 5.73 Å². The minimum Gasteiger partial charge on any atom is -0.397 e. The summed E-state index contributed by atoms with van der Waals surface area (Å²) < 4.78 is 37.1. The van der Waals surface area contributed by atoms with Crippen molar-refractivity contribution in [1.29, 1.82) is 0 Å². The largest absolute Gasteiger partial charge is 0.397 e. The van der Waals surface area contributed by atoms with Crippen LogP contribution in [0.4, 0.5) is 10.1 Å². The van der Waals surface area contributed by atoms with E-state index < -0.39 is 27.6 Å². The van der Waals surface area contributed by atoms with Crippen LogP contribution in [0.3, 0.4) is 0 Å². The van der Waals surface area contributed by atoms with Crippen LogP contribution >= 0.6 is 11.3 Å². The van der Waals surface area contributed by atoms with Crippen LogP contribution in [-0.2, 0) is 9.84 Å². The molecule has 0 bridgehead atoms. The predicted molar refractivity (Wildman–Crippen MR) is 80.7 cm³/mol. The molecule has 1 fully saturated rings. The van der Waals surface area contributed by atoms with Crippen molar-refractivity contribution in [2.24, 2.45) is 0 Å². The molecule has 1 unspecified atom stereocenters. The number of rotatable bonds is 2. The second-order valence-corrected chi connectivity index (χ2v) is 8.31. The molecule has 1 aromatic heterocycles. The van der Waals surface area contributed by atoms with Gasteiger partial charge in [-0.1, -0.05) is 6.07 Å². The lowest BCUT2D eigenvalue weighted by atomic mass is 10.2. The van der Waals surface area contributed by atoms with Crippen molar-refractivity contribution < 1.29 is 17.6 Å². The molecule has 2 heterocycles. The number of nitrogens with one attached hydrogen (secondary N) is 1. The Bertz CT molecular complexity index is 829. The van der Waals surface area contributed by atoms with E-state index in [2.05, 4.69) is 5.32 Å². The molecule has 1 atom stereocenters. The molecule has 0 saturated carbocycles. The normalized spacial score (nSPS) is 20.7. The highest BCUT2D eigenvalue weighted by molar-refractivity contribution is 7.91. The maximum Gasteiger partial charge on any atom is 0.263 e. The van der Waals surface area contributed by atoms with Crippen molar-refractivity contribution in [1.82, 2.24) is 5.32 Å². The monoisotopic (exact) mass is 328 g/mol. The van der Waals surface area contributed by atoms with Crippen molar-refractivity contribution in [3.63, 3.8) is 0 Å². The minimum atomic E-state index is -3.07. The van der Waals surface area contributed by atoms with E-state index in [1.165, 1.54) is 6.07 Å². The molecule has 1 saturated heterocycles. The summed E-state index contributed by atoms with van der Waals surface area (Å²) in [5.41, 5.74) is 5.96. The van der Waals surface area contributed by atoms with Gasteiger partial charge in [-0.15, -0.1) is 11.3 Å². The average molecular weight is 328 g/mol. The van der Waals surface area contributed by atoms with Gasteiger partial charge < -0.3 is 11.1 Å². The number of carbonyl (C=O) groups excluding carboxylic acids is 1. The highest BCUT2D eigenvalue weighted by Crippen LogP contribution is 2.35. The van der Waals surface area contributed by atoms with Crippen LogP contribution in [0.15, 0.2) is 18.2 Å². The van der Waals surface area contributed by atoms with Gasteiger partial charge >= 0.3 is 0 Å². The summed E-state index contributed by atoms with van der Waals surface area (Å²) in [5.74, 6) is -0.897. The lowest BCUT2D eigenvalue weighted by Crippen LogP contribution is -2.35. The number of nitrogens with two attached hydrogens (primary N) is 1. The molecule has 0 aliphatic carbocycles. The second kappa shape index (κ2) is 4.96. The summed E-state index contributed by atoms with van der Waals surface area (Å²) in [6, 6.07) is 4.13. The Hall–Kier alpha value is -1.67. The van der Waals surface area contributed by atoms with Gasteiger partial charge in [0.1, 0.15) is 10.7 Å². The summed E-state index contributed by atoms with van der Waals surface area (Å²) in [4.78, 5) is 12.4. The van der Waals surface area contributed by atoms with Gasteiger partial charge in [0.2, 0.25) is 0 Å². The van der Waals surface area contributed by atoms with Crippen molar-refractivity contribution in [3.8, 4) is 0 Å². The summed E-state index contributed by atoms with van der Waals surface area (Å²) in [6.45, 7) is 0. The molecular weight excluding hydrogens is 315 g/mol. The molecule has 3 N–H and O–H groups in total. The van der Waals surface area contributed by atoms with Gasteiger partial charge in [0, 0.05) is 10.7 Å². The van der Waals surface area contributed by atoms with E-state index in [9.17, 15) is 17.6 Å².